The molecule has 0 spiro atoms. The van der Waals surface area contributed by atoms with E-state index in [2.05, 4.69) is 0 Å². The second-order valence-electron chi connectivity index (χ2n) is 3.84. The molecule has 2 fully saturated rings. The van der Waals surface area contributed by atoms with Crippen molar-refractivity contribution in [2.45, 2.75) is 37.8 Å². The average molecular weight is 183 g/mol. The molecule has 1 aliphatic carbocycles. The van der Waals surface area contributed by atoms with Gasteiger partial charge in [-0.15, -0.1) is 0 Å². The van der Waals surface area contributed by atoms with E-state index in [1.165, 1.54) is 12.8 Å². The van der Waals surface area contributed by atoms with E-state index >= 15 is 0 Å². The van der Waals surface area contributed by atoms with Crippen molar-refractivity contribution in [3.8, 4) is 0 Å². The van der Waals surface area contributed by atoms with Gasteiger partial charge in [0, 0.05) is 6.54 Å². The minimum absolute atomic E-state index is 0.209. The zero-order chi connectivity index (χ0) is 9.26. The maximum atomic E-state index is 7.46. The van der Waals surface area contributed by atoms with E-state index in [4.69, 9.17) is 15.9 Å². The lowest BCUT2D eigenvalue weighted by Gasteiger charge is -2.43. The predicted molar refractivity (Wildman–Crippen MR) is 50.6 cm³/mol. The summed E-state index contributed by atoms with van der Waals surface area (Å²) in [4.78, 5) is 1.99. The van der Waals surface area contributed by atoms with E-state index in [1.54, 1.807) is 0 Å². The first-order valence-electron chi connectivity index (χ1n) is 5.01. The monoisotopic (exact) mass is 183 g/mol. The first kappa shape index (κ1) is 8.81. The van der Waals surface area contributed by atoms with Gasteiger partial charge in [0.1, 0.15) is 0 Å². The molecule has 0 aromatic rings. The van der Waals surface area contributed by atoms with Crippen molar-refractivity contribution in [3.63, 3.8) is 0 Å². The van der Waals surface area contributed by atoms with Gasteiger partial charge >= 0.3 is 0 Å². The van der Waals surface area contributed by atoms with Gasteiger partial charge in [-0.2, -0.15) is 0 Å². The summed E-state index contributed by atoms with van der Waals surface area (Å²) in [6.07, 6.45) is 5.09. The summed E-state index contributed by atoms with van der Waals surface area (Å²) in [5, 5.41) is 7.46. The van der Waals surface area contributed by atoms with Crippen LogP contribution < -0.4 is 5.73 Å². The Morgan fingerprint density at radius 2 is 2.15 bits per heavy atom. The van der Waals surface area contributed by atoms with Gasteiger partial charge in [0.2, 0.25) is 0 Å². The molecule has 0 radical (unpaired) electrons. The highest BCUT2D eigenvalue weighted by Gasteiger charge is 2.34. The van der Waals surface area contributed by atoms with Crippen LogP contribution in [-0.2, 0) is 4.74 Å². The largest absolute Gasteiger partial charge is 0.374 e. The first-order chi connectivity index (χ1) is 6.29. The zero-order valence-electron chi connectivity index (χ0n) is 7.83. The van der Waals surface area contributed by atoms with Crippen LogP contribution in [0.1, 0.15) is 25.7 Å². The van der Waals surface area contributed by atoms with Crippen molar-refractivity contribution in [1.29, 1.82) is 5.41 Å². The minimum Gasteiger partial charge on any atom is -0.374 e. The Kier molecular flexibility index (Phi) is 2.40. The maximum Gasteiger partial charge on any atom is 0.188 e. The van der Waals surface area contributed by atoms with Crippen molar-refractivity contribution in [2.24, 2.45) is 5.73 Å². The van der Waals surface area contributed by atoms with Gasteiger partial charge in [0.25, 0.3) is 0 Å². The molecule has 2 unspecified atom stereocenters. The Bertz CT molecular complexity index is 205. The fraction of sp³-hybridized carbons (Fsp3) is 0.889. The van der Waals surface area contributed by atoms with Crippen LogP contribution in [0.25, 0.3) is 0 Å². The summed E-state index contributed by atoms with van der Waals surface area (Å²) in [6, 6.07) is 0.375. The highest BCUT2D eigenvalue weighted by molar-refractivity contribution is 5.75. The van der Waals surface area contributed by atoms with E-state index in [0.29, 0.717) is 12.1 Å². The Labute approximate surface area is 78.5 Å². The average Bonchev–Trinajstić information content (AvgIpc) is 2.17. The number of hydrogen-bond donors (Lipinski definition) is 2. The van der Waals surface area contributed by atoms with Gasteiger partial charge < -0.3 is 15.4 Å². The van der Waals surface area contributed by atoms with Crippen LogP contribution in [0.2, 0.25) is 0 Å². The molecule has 3 N–H and O–H groups in total. The molecule has 2 aliphatic rings. The Balaban J connectivity index is 2.06. The summed E-state index contributed by atoms with van der Waals surface area (Å²) >= 11 is 0. The van der Waals surface area contributed by atoms with Gasteiger partial charge in [-0.1, -0.05) is 12.8 Å². The van der Waals surface area contributed by atoms with Crippen LogP contribution >= 0.6 is 0 Å². The van der Waals surface area contributed by atoms with Crippen molar-refractivity contribution in [3.05, 3.63) is 0 Å². The Morgan fingerprint density at radius 3 is 2.92 bits per heavy atom. The van der Waals surface area contributed by atoms with E-state index in [1.807, 2.05) is 4.90 Å². The van der Waals surface area contributed by atoms with Gasteiger partial charge in [-0.05, 0) is 12.8 Å². The molecule has 0 bridgehead atoms. The van der Waals surface area contributed by atoms with Gasteiger partial charge in [0.05, 0.1) is 18.8 Å². The Hall–Kier alpha value is -0.770. The Morgan fingerprint density at radius 1 is 1.38 bits per heavy atom. The molecular formula is C9H17N3O. The fourth-order valence-electron chi connectivity index (χ4n) is 2.40. The summed E-state index contributed by atoms with van der Waals surface area (Å²) in [7, 11) is 0. The maximum absolute atomic E-state index is 7.46. The van der Waals surface area contributed by atoms with E-state index < -0.39 is 0 Å². The third-order valence-corrected chi connectivity index (χ3v) is 3.04. The highest BCUT2D eigenvalue weighted by Crippen LogP contribution is 2.27. The minimum atomic E-state index is 0.209. The number of nitrogens with zero attached hydrogens (tertiary/aromatic N) is 1. The normalized spacial score (nSPS) is 34.0. The van der Waals surface area contributed by atoms with E-state index in [0.717, 1.165) is 26.0 Å². The number of hydrogen-bond acceptors (Lipinski definition) is 2. The smallest absolute Gasteiger partial charge is 0.188 e. The number of rotatable bonds is 0. The zero-order valence-corrected chi connectivity index (χ0v) is 7.83. The van der Waals surface area contributed by atoms with E-state index in [-0.39, 0.29) is 5.96 Å². The third kappa shape index (κ3) is 1.63. The third-order valence-electron chi connectivity index (χ3n) is 3.04. The van der Waals surface area contributed by atoms with Crippen molar-refractivity contribution in [2.75, 3.05) is 13.2 Å². The van der Waals surface area contributed by atoms with Gasteiger partial charge in [-0.25, -0.2) is 0 Å². The number of fused-ring (bicyclic) bond motifs is 1. The standard InChI is InChI=1S/C9H17N3O/c10-9(11)12-5-6-13-8-4-2-1-3-7(8)12/h7-8H,1-6H2,(H3,10,11). The van der Waals surface area contributed by atoms with Crippen molar-refractivity contribution < 1.29 is 4.74 Å². The highest BCUT2D eigenvalue weighted by atomic mass is 16.5. The molecule has 13 heavy (non-hydrogen) atoms. The molecule has 4 heteroatoms. The van der Waals surface area contributed by atoms with Crippen LogP contribution in [0.5, 0.6) is 0 Å². The molecule has 1 saturated heterocycles. The molecule has 0 aromatic carbocycles. The molecule has 4 nitrogen and oxygen atoms in total. The molecule has 2 atom stereocenters. The van der Waals surface area contributed by atoms with Crippen molar-refractivity contribution in [1.82, 2.24) is 4.90 Å². The van der Waals surface area contributed by atoms with Gasteiger partial charge in [0.15, 0.2) is 5.96 Å². The van der Waals surface area contributed by atoms with Crippen LogP contribution in [0.3, 0.4) is 0 Å². The number of guanidine groups is 1. The van der Waals surface area contributed by atoms with Crippen LogP contribution in [0, 0.1) is 5.41 Å². The lowest BCUT2D eigenvalue weighted by molar-refractivity contribution is -0.0643. The molecule has 2 rings (SSSR count). The van der Waals surface area contributed by atoms with Crippen LogP contribution in [-0.4, -0.2) is 36.2 Å². The number of ether oxygens (including phenoxy) is 1. The number of morpholine rings is 1. The van der Waals surface area contributed by atoms with Gasteiger partial charge in [-0.3, -0.25) is 5.41 Å². The van der Waals surface area contributed by atoms with Crippen LogP contribution in [0.4, 0.5) is 0 Å². The summed E-state index contributed by atoms with van der Waals surface area (Å²) in [6.45, 7) is 1.51. The quantitative estimate of drug-likeness (QED) is 0.425. The lowest BCUT2D eigenvalue weighted by Crippen LogP contribution is -2.56. The fourth-order valence-corrected chi connectivity index (χ4v) is 2.40. The first-order valence-corrected chi connectivity index (χ1v) is 5.01. The summed E-state index contributed by atoms with van der Waals surface area (Å²) in [5.74, 6) is 0.209. The summed E-state index contributed by atoms with van der Waals surface area (Å²) < 4.78 is 5.67. The van der Waals surface area contributed by atoms with Crippen molar-refractivity contribution >= 4 is 5.96 Å². The summed E-state index contributed by atoms with van der Waals surface area (Å²) in [5.41, 5.74) is 5.53. The molecule has 1 heterocycles. The van der Waals surface area contributed by atoms with E-state index in [9.17, 15) is 0 Å². The molecular weight excluding hydrogens is 166 g/mol. The number of nitrogens with one attached hydrogen (secondary N) is 1. The molecule has 74 valence electrons. The SMILES string of the molecule is N=C(N)N1CCOC2CCCCC21. The van der Waals surface area contributed by atoms with Crippen LogP contribution in [0.15, 0.2) is 0 Å². The lowest BCUT2D eigenvalue weighted by atomic mass is 9.90. The molecule has 0 amide bonds. The second kappa shape index (κ2) is 3.54. The second-order valence-corrected chi connectivity index (χ2v) is 3.84. The molecule has 0 aromatic heterocycles. The number of nitrogens with two attached hydrogens (primary N) is 1. The molecule has 1 aliphatic heterocycles. The predicted octanol–water partition coefficient (Wildman–Crippen LogP) is 0.523. The topological polar surface area (TPSA) is 62.3 Å². The molecule has 1 saturated carbocycles.